The second kappa shape index (κ2) is 9.54. The van der Waals surface area contributed by atoms with Crippen LogP contribution in [-0.4, -0.2) is 52.1 Å². The fraction of sp³-hybridized carbons (Fsp3) is 0.500. The number of nitrogens with one attached hydrogen (secondary N) is 3. The summed E-state index contributed by atoms with van der Waals surface area (Å²) >= 11 is 0. The monoisotopic (exact) mass is 459 g/mol. The van der Waals surface area contributed by atoms with Crippen molar-refractivity contribution >= 4 is 41.5 Å². The van der Waals surface area contributed by atoms with Crippen LogP contribution in [0.3, 0.4) is 0 Å². The molecule has 0 spiro atoms. The van der Waals surface area contributed by atoms with E-state index in [1.165, 1.54) is 0 Å². The molecule has 3 N–H and O–H groups in total. The van der Waals surface area contributed by atoms with Gasteiger partial charge in [0.2, 0.25) is 5.91 Å². The minimum absolute atomic E-state index is 0. The summed E-state index contributed by atoms with van der Waals surface area (Å²) in [7, 11) is 1.67. The van der Waals surface area contributed by atoms with Crippen LogP contribution >= 0.6 is 24.0 Å². The van der Waals surface area contributed by atoms with E-state index in [1.807, 2.05) is 49.6 Å². The Balaban J connectivity index is 0.00000312. The van der Waals surface area contributed by atoms with E-state index in [-0.39, 0.29) is 42.0 Å². The molecule has 1 amide bonds. The third kappa shape index (κ3) is 6.85. The van der Waals surface area contributed by atoms with Crippen molar-refractivity contribution in [2.75, 3.05) is 20.1 Å². The Morgan fingerprint density at radius 2 is 2.00 bits per heavy atom. The van der Waals surface area contributed by atoms with Crippen LogP contribution in [0.5, 0.6) is 0 Å². The molecule has 0 aliphatic heterocycles. The molecule has 2 heterocycles. The zero-order chi connectivity index (χ0) is 17.6. The first-order valence-electron chi connectivity index (χ1n) is 7.93. The first kappa shape index (κ1) is 21.1. The van der Waals surface area contributed by atoms with Gasteiger partial charge >= 0.3 is 0 Å². The third-order valence-electron chi connectivity index (χ3n) is 3.18. The molecule has 8 nitrogen and oxygen atoms in total. The van der Waals surface area contributed by atoms with Gasteiger partial charge in [0.15, 0.2) is 11.6 Å². The molecule has 0 unspecified atom stereocenters. The first-order valence-corrected chi connectivity index (χ1v) is 7.93. The number of guanidine groups is 1. The Morgan fingerprint density at radius 1 is 1.24 bits per heavy atom. The molecule has 0 saturated carbocycles. The SMILES string of the molecule is CN=C(NCCc1nnc2ccccn12)NCC(=O)NC(C)(C)C.I. The Bertz CT molecular complexity index is 721. The van der Waals surface area contributed by atoms with Crippen molar-refractivity contribution in [1.82, 2.24) is 30.5 Å². The summed E-state index contributed by atoms with van der Waals surface area (Å²) in [4.78, 5) is 15.9. The third-order valence-corrected chi connectivity index (χ3v) is 3.18. The highest BCUT2D eigenvalue weighted by Crippen LogP contribution is 2.02. The van der Waals surface area contributed by atoms with Gasteiger partial charge in [-0.15, -0.1) is 34.2 Å². The maximum absolute atomic E-state index is 11.8. The van der Waals surface area contributed by atoms with Crippen LogP contribution in [0.4, 0.5) is 0 Å². The molecule has 0 radical (unpaired) electrons. The van der Waals surface area contributed by atoms with Crippen molar-refractivity contribution in [2.24, 2.45) is 4.99 Å². The van der Waals surface area contributed by atoms with Gasteiger partial charge in [-0.25, -0.2) is 0 Å². The molecule has 0 fully saturated rings. The van der Waals surface area contributed by atoms with Gasteiger partial charge in [-0.05, 0) is 32.9 Å². The summed E-state index contributed by atoms with van der Waals surface area (Å²) in [5, 5.41) is 17.4. The van der Waals surface area contributed by atoms with Gasteiger partial charge in [0.1, 0.15) is 5.82 Å². The zero-order valence-electron chi connectivity index (χ0n) is 15.0. The van der Waals surface area contributed by atoms with Gasteiger partial charge in [-0.3, -0.25) is 14.2 Å². The second-order valence-corrected chi connectivity index (χ2v) is 6.45. The molecule has 2 aromatic rings. The number of nitrogens with zero attached hydrogens (tertiary/aromatic N) is 4. The standard InChI is InChI=1S/C16H25N7O.HI/c1-16(2,3)20-14(24)11-19-15(17-4)18-9-8-13-22-21-12-7-5-6-10-23(12)13;/h5-7,10H,8-9,11H2,1-4H3,(H,20,24)(H2,17,18,19);1H. The van der Waals surface area contributed by atoms with Crippen molar-refractivity contribution in [3.8, 4) is 0 Å². The molecule has 0 saturated heterocycles. The van der Waals surface area contributed by atoms with Gasteiger partial charge in [-0.1, -0.05) is 6.07 Å². The Kier molecular flexibility index (Phi) is 8.07. The first-order chi connectivity index (χ1) is 11.4. The van der Waals surface area contributed by atoms with E-state index in [0.29, 0.717) is 18.9 Å². The number of carbonyl (C=O) groups excluding carboxylic acids is 1. The Labute approximate surface area is 164 Å². The van der Waals surface area contributed by atoms with E-state index in [9.17, 15) is 4.79 Å². The molecule has 0 atom stereocenters. The predicted octanol–water partition coefficient (Wildman–Crippen LogP) is 0.969. The van der Waals surface area contributed by atoms with E-state index in [0.717, 1.165) is 11.5 Å². The van der Waals surface area contributed by atoms with Crippen LogP contribution in [-0.2, 0) is 11.2 Å². The topological polar surface area (TPSA) is 95.7 Å². The van der Waals surface area contributed by atoms with E-state index < -0.39 is 0 Å². The quantitative estimate of drug-likeness (QED) is 0.352. The van der Waals surface area contributed by atoms with Crippen molar-refractivity contribution in [3.05, 3.63) is 30.2 Å². The van der Waals surface area contributed by atoms with Crippen LogP contribution < -0.4 is 16.0 Å². The van der Waals surface area contributed by atoms with E-state index in [1.54, 1.807) is 7.05 Å². The van der Waals surface area contributed by atoms with Crippen LogP contribution in [0.25, 0.3) is 5.65 Å². The summed E-state index contributed by atoms with van der Waals surface area (Å²) in [6.45, 7) is 6.64. The average Bonchev–Trinajstić information content (AvgIpc) is 2.92. The highest BCUT2D eigenvalue weighted by Gasteiger charge is 2.13. The molecule has 0 bridgehead atoms. The summed E-state index contributed by atoms with van der Waals surface area (Å²) in [5.74, 6) is 1.38. The number of carbonyl (C=O) groups is 1. The molecule has 9 heteroatoms. The van der Waals surface area contributed by atoms with Crippen molar-refractivity contribution in [3.63, 3.8) is 0 Å². The van der Waals surface area contributed by atoms with Gasteiger partial charge in [0.25, 0.3) is 0 Å². The lowest BCUT2D eigenvalue weighted by Crippen LogP contribution is -2.48. The lowest BCUT2D eigenvalue weighted by atomic mass is 10.1. The minimum Gasteiger partial charge on any atom is -0.356 e. The number of halogens is 1. The summed E-state index contributed by atoms with van der Waals surface area (Å²) in [5.41, 5.74) is 0.582. The molecule has 2 rings (SSSR count). The lowest BCUT2D eigenvalue weighted by molar-refractivity contribution is -0.121. The fourth-order valence-electron chi connectivity index (χ4n) is 2.20. The maximum atomic E-state index is 11.8. The maximum Gasteiger partial charge on any atom is 0.239 e. The number of hydrogen-bond donors (Lipinski definition) is 3. The molecule has 138 valence electrons. The molecule has 25 heavy (non-hydrogen) atoms. The second-order valence-electron chi connectivity index (χ2n) is 6.45. The number of rotatable bonds is 5. The molecular formula is C16H26IN7O. The molecule has 0 aromatic carbocycles. The van der Waals surface area contributed by atoms with Crippen LogP contribution in [0.15, 0.2) is 29.4 Å². The fourth-order valence-corrected chi connectivity index (χ4v) is 2.20. The minimum atomic E-state index is -0.246. The highest BCUT2D eigenvalue weighted by atomic mass is 127. The van der Waals surface area contributed by atoms with Gasteiger partial charge in [-0.2, -0.15) is 0 Å². The number of amides is 1. The summed E-state index contributed by atoms with van der Waals surface area (Å²) in [6.07, 6.45) is 2.63. The molecule has 0 aliphatic carbocycles. The van der Waals surface area contributed by atoms with Gasteiger partial charge in [0, 0.05) is 31.7 Å². The van der Waals surface area contributed by atoms with Crippen LogP contribution in [0.1, 0.15) is 26.6 Å². The number of pyridine rings is 1. The normalized spacial score (nSPS) is 11.8. The van der Waals surface area contributed by atoms with Crippen molar-refractivity contribution in [2.45, 2.75) is 32.7 Å². The molecular weight excluding hydrogens is 433 g/mol. The van der Waals surface area contributed by atoms with E-state index >= 15 is 0 Å². The average molecular weight is 459 g/mol. The van der Waals surface area contributed by atoms with Crippen molar-refractivity contribution < 1.29 is 4.79 Å². The van der Waals surface area contributed by atoms with E-state index in [2.05, 4.69) is 31.1 Å². The van der Waals surface area contributed by atoms with Gasteiger partial charge in [0.05, 0.1) is 6.54 Å². The zero-order valence-corrected chi connectivity index (χ0v) is 17.4. The smallest absolute Gasteiger partial charge is 0.239 e. The molecule has 0 aliphatic rings. The van der Waals surface area contributed by atoms with E-state index in [4.69, 9.17) is 0 Å². The number of fused-ring (bicyclic) bond motifs is 1. The van der Waals surface area contributed by atoms with Gasteiger partial charge < -0.3 is 16.0 Å². The predicted molar refractivity (Wildman–Crippen MR) is 109 cm³/mol. The number of hydrogen-bond acceptors (Lipinski definition) is 4. The largest absolute Gasteiger partial charge is 0.356 e. The Morgan fingerprint density at radius 3 is 2.68 bits per heavy atom. The van der Waals surface area contributed by atoms with Crippen LogP contribution in [0.2, 0.25) is 0 Å². The Hall–Kier alpha value is -1.91. The summed E-state index contributed by atoms with van der Waals surface area (Å²) < 4.78 is 1.95. The highest BCUT2D eigenvalue weighted by molar-refractivity contribution is 14.0. The number of aliphatic imine (C=N–C) groups is 1. The summed E-state index contributed by atoms with van der Waals surface area (Å²) in [6, 6.07) is 5.79. The van der Waals surface area contributed by atoms with Crippen molar-refractivity contribution in [1.29, 1.82) is 0 Å². The van der Waals surface area contributed by atoms with Crippen LogP contribution in [0, 0.1) is 0 Å². The number of aromatic nitrogens is 3. The molecule has 2 aromatic heterocycles. The lowest BCUT2D eigenvalue weighted by Gasteiger charge is -2.21.